The third kappa shape index (κ3) is 3.22. The van der Waals surface area contributed by atoms with Gasteiger partial charge in [-0.2, -0.15) is 0 Å². The molecule has 3 N–H and O–H groups in total. The van der Waals surface area contributed by atoms with Gasteiger partial charge in [0.1, 0.15) is 0 Å². The van der Waals surface area contributed by atoms with Crippen molar-refractivity contribution in [2.24, 2.45) is 12.8 Å². The lowest BCUT2D eigenvalue weighted by Crippen LogP contribution is -2.39. The van der Waals surface area contributed by atoms with E-state index in [0.717, 1.165) is 11.8 Å². The molecule has 7 nitrogen and oxygen atoms in total. The predicted octanol–water partition coefficient (Wildman–Crippen LogP) is 0.609. The smallest absolute Gasteiger partial charge is 0.318 e. The summed E-state index contributed by atoms with van der Waals surface area (Å²) < 4.78 is 1.38. The summed E-state index contributed by atoms with van der Waals surface area (Å²) in [6, 6.07) is 6.07. The summed E-state index contributed by atoms with van der Waals surface area (Å²) in [5, 5.41) is 2.29. The standard InChI is InChI=1S/C13H14N4O3S/c1-7(10(18)16-12(14)20)21-13-15-9-6-4-3-5-8(9)11(19)17(13)2/h3-7H,1-2H3,(H3,14,16,18,20)/t7-/m1/s1. The Morgan fingerprint density at radius 2 is 2.05 bits per heavy atom. The van der Waals surface area contributed by atoms with Crippen molar-refractivity contribution < 1.29 is 9.59 Å². The molecule has 21 heavy (non-hydrogen) atoms. The van der Waals surface area contributed by atoms with Crippen molar-refractivity contribution >= 4 is 34.6 Å². The molecule has 8 heteroatoms. The van der Waals surface area contributed by atoms with Crippen molar-refractivity contribution in [1.82, 2.24) is 14.9 Å². The molecule has 2 aromatic rings. The van der Waals surface area contributed by atoms with E-state index < -0.39 is 17.2 Å². The Morgan fingerprint density at radius 1 is 1.38 bits per heavy atom. The van der Waals surface area contributed by atoms with Gasteiger partial charge in [0, 0.05) is 7.05 Å². The molecule has 0 aliphatic rings. The van der Waals surface area contributed by atoms with Gasteiger partial charge in [0.2, 0.25) is 5.91 Å². The molecule has 2 rings (SSSR count). The average Bonchev–Trinajstić information content (AvgIpc) is 2.43. The SMILES string of the molecule is C[C@@H](Sc1nc2ccccc2c(=O)n1C)C(=O)NC(N)=O. The van der Waals surface area contributed by atoms with Gasteiger partial charge in [-0.05, 0) is 19.1 Å². The zero-order chi connectivity index (χ0) is 15.6. The lowest BCUT2D eigenvalue weighted by molar-refractivity contribution is -0.119. The summed E-state index contributed by atoms with van der Waals surface area (Å²) in [4.78, 5) is 38.9. The van der Waals surface area contributed by atoms with Gasteiger partial charge < -0.3 is 5.73 Å². The van der Waals surface area contributed by atoms with Gasteiger partial charge in [-0.25, -0.2) is 9.78 Å². The molecule has 0 bridgehead atoms. The minimum absolute atomic E-state index is 0.189. The van der Waals surface area contributed by atoms with Crippen LogP contribution < -0.4 is 16.6 Å². The van der Waals surface area contributed by atoms with Crippen molar-refractivity contribution in [2.45, 2.75) is 17.3 Å². The van der Waals surface area contributed by atoms with Crippen molar-refractivity contribution in [3.05, 3.63) is 34.6 Å². The zero-order valence-electron chi connectivity index (χ0n) is 11.5. The van der Waals surface area contributed by atoms with E-state index in [-0.39, 0.29) is 5.56 Å². The van der Waals surface area contributed by atoms with E-state index in [2.05, 4.69) is 4.98 Å². The zero-order valence-corrected chi connectivity index (χ0v) is 12.3. The molecular formula is C13H14N4O3S. The maximum atomic E-state index is 12.2. The summed E-state index contributed by atoms with van der Waals surface area (Å²) in [6.07, 6.45) is 0. The van der Waals surface area contributed by atoms with Crippen LogP contribution in [0.15, 0.2) is 34.2 Å². The van der Waals surface area contributed by atoms with Gasteiger partial charge >= 0.3 is 6.03 Å². The van der Waals surface area contributed by atoms with E-state index in [1.807, 2.05) is 5.32 Å². The number of fused-ring (bicyclic) bond motifs is 1. The number of benzene rings is 1. The monoisotopic (exact) mass is 306 g/mol. The first-order valence-corrected chi connectivity index (χ1v) is 7.01. The van der Waals surface area contributed by atoms with E-state index >= 15 is 0 Å². The first kappa shape index (κ1) is 15.0. The molecule has 0 saturated carbocycles. The van der Waals surface area contributed by atoms with E-state index in [9.17, 15) is 14.4 Å². The van der Waals surface area contributed by atoms with Gasteiger partial charge in [-0.15, -0.1) is 0 Å². The van der Waals surface area contributed by atoms with Gasteiger partial charge in [-0.3, -0.25) is 19.5 Å². The summed E-state index contributed by atoms with van der Waals surface area (Å²) >= 11 is 1.08. The van der Waals surface area contributed by atoms with Gasteiger partial charge in [0.25, 0.3) is 5.56 Å². The molecule has 1 aromatic heterocycles. The maximum absolute atomic E-state index is 12.2. The summed E-state index contributed by atoms with van der Waals surface area (Å²) in [7, 11) is 1.59. The number of imide groups is 1. The first-order valence-electron chi connectivity index (χ1n) is 6.13. The number of nitrogens with one attached hydrogen (secondary N) is 1. The normalized spacial score (nSPS) is 12.1. The molecule has 1 aromatic carbocycles. The van der Waals surface area contributed by atoms with Gasteiger partial charge in [0.15, 0.2) is 5.16 Å². The van der Waals surface area contributed by atoms with E-state index in [0.29, 0.717) is 16.1 Å². The number of nitrogens with two attached hydrogens (primary N) is 1. The highest BCUT2D eigenvalue weighted by molar-refractivity contribution is 8.00. The molecule has 3 amide bonds. The fraction of sp³-hybridized carbons (Fsp3) is 0.231. The van der Waals surface area contributed by atoms with Gasteiger partial charge in [-0.1, -0.05) is 23.9 Å². The van der Waals surface area contributed by atoms with Crippen LogP contribution in [0.3, 0.4) is 0 Å². The van der Waals surface area contributed by atoms with Crippen LogP contribution >= 0.6 is 11.8 Å². The Kier molecular flexibility index (Phi) is 4.27. The summed E-state index contributed by atoms with van der Waals surface area (Å²) in [6.45, 7) is 1.60. The number of para-hydroxylation sites is 1. The largest absolute Gasteiger partial charge is 0.351 e. The molecule has 0 fully saturated rings. The number of nitrogens with zero attached hydrogens (tertiary/aromatic N) is 2. The number of aromatic nitrogens is 2. The number of thioether (sulfide) groups is 1. The number of rotatable bonds is 3. The van der Waals surface area contributed by atoms with Gasteiger partial charge in [0.05, 0.1) is 16.2 Å². The van der Waals surface area contributed by atoms with Crippen LogP contribution in [-0.4, -0.2) is 26.7 Å². The number of urea groups is 1. The first-order chi connectivity index (χ1) is 9.90. The second-order valence-corrected chi connectivity index (χ2v) is 5.70. The second kappa shape index (κ2) is 5.96. The van der Waals surface area contributed by atoms with Crippen LogP contribution in [0.4, 0.5) is 4.79 Å². The Labute approximate surface area is 124 Å². The quantitative estimate of drug-likeness (QED) is 0.638. The summed E-state index contributed by atoms with van der Waals surface area (Å²) in [5.74, 6) is -0.532. The molecule has 1 heterocycles. The van der Waals surface area contributed by atoms with Crippen molar-refractivity contribution in [3.63, 3.8) is 0 Å². The number of carbonyl (C=O) groups excluding carboxylic acids is 2. The third-order valence-electron chi connectivity index (χ3n) is 2.84. The Hall–Kier alpha value is -2.35. The lowest BCUT2D eigenvalue weighted by atomic mass is 10.2. The molecule has 110 valence electrons. The van der Waals surface area contributed by atoms with Crippen LogP contribution in [0.5, 0.6) is 0 Å². The van der Waals surface area contributed by atoms with Crippen molar-refractivity contribution in [3.8, 4) is 0 Å². The van der Waals surface area contributed by atoms with Crippen LogP contribution in [0.25, 0.3) is 10.9 Å². The highest BCUT2D eigenvalue weighted by Gasteiger charge is 2.19. The average molecular weight is 306 g/mol. The van der Waals surface area contributed by atoms with Crippen molar-refractivity contribution in [1.29, 1.82) is 0 Å². The Morgan fingerprint density at radius 3 is 2.71 bits per heavy atom. The summed E-state index contributed by atoms with van der Waals surface area (Å²) in [5.41, 5.74) is 5.27. The number of carbonyl (C=O) groups is 2. The van der Waals surface area contributed by atoms with Crippen LogP contribution in [-0.2, 0) is 11.8 Å². The van der Waals surface area contributed by atoms with Crippen LogP contribution in [0.1, 0.15) is 6.92 Å². The van der Waals surface area contributed by atoms with E-state index in [1.54, 1.807) is 38.2 Å². The number of hydrogen-bond donors (Lipinski definition) is 2. The number of primary amides is 1. The molecular weight excluding hydrogens is 292 g/mol. The molecule has 0 saturated heterocycles. The molecule has 0 unspecified atom stereocenters. The van der Waals surface area contributed by atoms with E-state index in [1.165, 1.54) is 4.57 Å². The Bertz CT molecular complexity index is 772. The molecule has 0 radical (unpaired) electrons. The number of hydrogen-bond acceptors (Lipinski definition) is 5. The predicted molar refractivity (Wildman–Crippen MR) is 80.0 cm³/mol. The van der Waals surface area contributed by atoms with E-state index in [4.69, 9.17) is 5.73 Å². The second-order valence-electron chi connectivity index (χ2n) is 4.39. The Balaban J connectivity index is 2.34. The minimum Gasteiger partial charge on any atom is -0.351 e. The fourth-order valence-corrected chi connectivity index (χ4v) is 2.61. The maximum Gasteiger partial charge on any atom is 0.318 e. The highest BCUT2D eigenvalue weighted by atomic mass is 32.2. The van der Waals surface area contributed by atoms with Crippen LogP contribution in [0.2, 0.25) is 0 Å². The third-order valence-corrected chi connectivity index (χ3v) is 3.98. The molecule has 0 spiro atoms. The number of amides is 3. The highest BCUT2D eigenvalue weighted by Crippen LogP contribution is 2.21. The molecule has 0 aliphatic carbocycles. The van der Waals surface area contributed by atoms with Crippen LogP contribution in [0, 0.1) is 0 Å². The molecule has 1 atom stereocenters. The fourth-order valence-electron chi connectivity index (χ4n) is 1.74. The topological polar surface area (TPSA) is 107 Å². The molecule has 0 aliphatic heterocycles. The van der Waals surface area contributed by atoms with Crippen molar-refractivity contribution in [2.75, 3.05) is 0 Å². The minimum atomic E-state index is -0.909. The lowest BCUT2D eigenvalue weighted by Gasteiger charge is -2.12.